The van der Waals surface area contributed by atoms with Crippen molar-refractivity contribution in [2.45, 2.75) is 122 Å². The Hall–Kier alpha value is -0.900. The molecular weight excluding hydrogens is 350 g/mol. The summed E-state index contributed by atoms with van der Waals surface area (Å²) in [5.74, 6) is 1.06. The Kier molecular flexibility index (Phi) is 10.5. The van der Waals surface area contributed by atoms with E-state index in [1.54, 1.807) is 6.92 Å². The van der Waals surface area contributed by atoms with Crippen LogP contribution in [0, 0.1) is 11.3 Å². The molecule has 0 aliphatic heterocycles. The highest BCUT2D eigenvalue weighted by atomic mass is 16.3. The van der Waals surface area contributed by atoms with Crippen molar-refractivity contribution >= 4 is 11.7 Å². The van der Waals surface area contributed by atoms with Gasteiger partial charge in [0.1, 0.15) is 5.78 Å². The van der Waals surface area contributed by atoms with Gasteiger partial charge in [0.15, 0.2) is 0 Å². The number of nitrogens with one attached hydrogen (secondary N) is 1. The molecule has 0 spiro atoms. The van der Waals surface area contributed by atoms with E-state index >= 15 is 0 Å². The summed E-state index contributed by atoms with van der Waals surface area (Å²) >= 11 is 0. The minimum absolute atomic E-state index is 0.0808. The van der Waals surface area contributed by atoms with E-state index in [1.165, 1.54) is 64.2 Å². The number of ketones is 1. The van der Waals surface area contributed by atoms with Gasteiger partial charge in [0.05, 0.1) is 0 Å². The fraction of sp³-hybridized carbons (Fsp3) is 0.917. The number of carbonyl (C=O) groups is 2. The first-order chi connectivity index (χ1) is 13.6. The maximum absolute atomic E-state index is 12.1. The minimum atomic E-state index is -0.0808. The fourth-order valence-electron chi connectivity index (χ4n) is 5.20. The SMILES string of the molecule is CC(=O)C12CC(C1)[C@@H](NC(=O)CCCCCCCCCCCCCCCO)C2. The summed E-state index contributed by atoms with van der Waals surface area (Å²) in [6.07, 6.45) is 19.7. The maximum Gasteiger partial charge on any atom is 0.220 e. The predicted octanol–water partition coefficient (Wildman–Crippen LogP) is 5.31. The molecule has 0 aromatic heterocycles. The number of aliphatic hydroxyl groups excluding tert-OH is 1. The van der Waals surface area contributed by atoms with E-state index in [-0.39, 0.29) is 17.4 Å². The van der Waals surface area contributed by atoms with Gasteiger partial charge in [-0.15, -0.1) is 0 Å². The number of hydrogen-bond donors (Lipinski definition) is 2. The summed E-state index contributed by atoms with van der Waals surface area (Å²) in [4.78, 5) is 23.9. The second-order valence-electron chi connectivity index (χ2n) is 9.45. The average Bonchev–Trinajstić information content (AvgIpc) is 3.17. The number of unbranched alkanes of at least 4 members (excludes halogenated alkanes) is 12. The lowest BCUT2D eigenvalue weighted by molar-refractivity contribution is -0.130. The van der Waals surface area contributed by atoms with Crippen molar-refractivity contribution in [3.63, 3.8) is 0 Å². The number of hydrogen-bond acceptors (Lipinski definition) is 3. The third-order valence-electron chi connectivity index (χ3n) is 7.14. The van der Waals surface area contributed by atoms with Gasteiger partial charge in [0, 0.05) is 24.5 Å². The molecule has 0 heterocycles. The standard InChI is InChI=1S/C24H43NO3/c1-20(27)24-17-21(18-24)22(19-24)25-23(28)15-13-11-9-7-5-3-2-4-6-8-10-12-14-16-26/h21-22,26H,2-19H2,1H3,(H,25,28)/t21?,22-,24?/m0/s1. The molecule has 3 aliphatic carbocycles. The molecule has 3 aliphatic rings. The van der Waals surface area contributed by atoms with E-state index in [1.807, 2.05) is 0 Å². The molecule has 0 saturated heterocycles. The van der Waals surface area contributed by atoms with Gasteiger partial charge in [-0.2, -0.15) is 0 Å². The van der Waals surface area contributed by atoms with E-state index in [9.17, 15) is 9.59 Å². The van der Waals surface area contributed by atoms with Crippen LogP contribution in [0.1, 0.15) is 116 Å². The molecule has 3 fully saturated rings. The smallest absolute Gasteiger partial charge is 0.220 e. The topological polar surface area (TPSA) is 66.4 Å². The predicted molar refractivity (Wildman–Crippen MR) is 114 cm³/mol. The van der Waals surface area contributed by atoms with E-state index in [0.717, 1.165) is 38.5 Å². The Balaban J connectivity index is 1.34. The second kappa shape index (κ2) is 12.6. The lowest BCUT2D eigenvalue weighted by Gasteiger charge is -2.35. The van der Waals surface area contributed by atoms with Crippen molar-refractivity contribution in [2.75, 3.05) is 6.61 Å². The van der Waals surface area contributed by atoms with Crippen LogP contribution >= 0.6 is 0 Å². The van der Waals surface area contributed by atoms with Crippen molar-refractivity contribution in [3.8, 4) is 0 Å². The van der Waals surface area contributed by atoms with Gasteiger partial charge in [-0.1, -0.05) is 70.6 Å². The van der Waals surface area contributed by atoms with Crippen molar-refractivity contribution in [1.82, 2.24) is 5.32 Å². The van der Waals surface area contributed by atoms with Crippen LogP contribution in [0.5, 0.6) is 0 Å². The van der Waals surface area contributed by atoms with Gasteiger partial charge in [0.25, 0.3) is 0 Å². The Bertz CT molecular complexity index is 470. The molecule has 0 aromatic rings. The van der Waals surface area contributed by atoms with Crippen LogP contribution in [-0.2, 0) is 9.59 Å². The van der Waals surface area contributed by atoms with E-state index in [0.29, 0.717) is 24.7 Å². The van der Waals surface area contributed by atoms with Crippen molar-refractivity contribution in [3.05, 3.63) is 0 Å². The van der Waals surface area contributed by atoms with Crippen LogP contribution in [0.15, 0.2) is 0 Å². The zero-order chi connectivity index (χ0) is 20.2. The summed E-state index contributed by atoms with van der Waals surface area (Å²) < 4.78 is 0. The highest BCUT2D eigenvalue weighted by Gasteiger charge is 2.58. The monoisotopic (exact) mass is 393 g/mol. The lowest BCUT2D eigenvalue weighted by Crippen LogP contribution is -2.38. The quantitative estimate of drug-likeness (QED) is 0.329. The van der Waals surface area contributed by atoms with Crippen LogP contribution in [0.4, 0.5) is 0 Å². The Labute approximate surface area is 172 Å². The van der Waals surface area contributed by atoms with Crippen molar-refractivity contribution < 1.29 is 14.7 Å². The highest BCUT2D eigenvalue weighted by Crippen LogP contribution is 2.59. The molecule has 0 radical (unpaired) electrons. The average molecular weight is 394 g/mol. The zero-order valence-corrected chi connectivity index (χ0v) is 18.1. The largest absolute Gasteiger partial charge is 0.396 e. The number of Topliss-reactive ketones (excluding diaryl/α,β-unsaturated/α-hetero) is 1. The van der Waals surface area contributed by atoms with E-state index in [2.05, 4.69) is 5.32 Å². The summed E-state index contributed by atoms with van der Waals surface area (Å²) in [5.41, 5.74) is -0.0808. The Morgan fingerprint density at radius 2 is 1.25 bits per heavy atom. The van der Waals surface area contributed by atoms with Crippen LogP contribution in [-0.4, -0.2) is 29.4 Å². The molecule has 2 bridgehead atoms. The number of fused-ring (bicyclic) bond motifs is 1. The van der Waals surface area contributed by atoms with Gasteiger partial charge in [-0.05, 0) is 44.9 Å². The molecule has 4 heteroatoms. The van der Waals surface area contributed by atoms with Crippen LogP contribution < -0.4 is 5.32 Å². The first-order valence-electron chi connectivity index (χ1n) is 12.0. The summed E-state index contributed by atoms with van der Waals surface area (Å²) in [5, 5.41) is 11.9. The Morgan fingerprint density at radius 3 is 1.68 bits per heavy atom. The third kappa shape index (κ3) is 7.50. The van der Waals surface area contributed by atoms with Crippen LogP contribution in [0.3, 0.4) is 0 Å². The van der Waals surface area contributed by atoms with Crippen LogP contribution in [0.25, 0.3) is 0 Å². The molecule has 2 N–H and O–H groups in total. The van der Waals surface area contributed by atoms with E-state index < -0.39 is 0 Å². The summed E-state index contributed by atoms with van der Waals surface area (Å²) in [6.45, 7) is 2.05. The van der Waals surface area contributed by atoms with Crippen molar-refractivity contribution in [2.24, 2.45) is 11.3 Å². The third-order valence-corrected chi connectivity index (χ3v) is 7.14. The molecule has 3 rings (SSSR count). The van der Waals surface area contributed by atoms with Gasteiger partial charge < -0.3 is 10.4 Å². The molecule has 28 heavy (non-hydrogen) atoms. The minimum Gasteiger partial charge on any atom is -0.396 e. The van der Waals surface area contributed by atoms with Gasteiger partial charge in [-0.25, -0.2) is 0 Å². The Morgan fingerprint density at radius 1 is 0.786 bits per heavy atom. The summed E-state index contributed by atoms with van der Waals surface area (Å²) in [7, 11) is 0. The normalized spacial score (nSPS) is 25.5. The first-order valence-corrected chi connectivity index (χ1v) is 12.0. The van der Waals surface area contributed by atoms with Gasteiger partial charge in [0.2, 0.25) is 5.91 Å². The number of rotatable bonds is 17. The van der Waals surface area contributed by atoms with Gasteiger partial charge in [-0.3, -0.25) is 9.59 Å². The van der Waals surface area contributed by atoms with Crippen molar-refractivity contribution in [1.29, 1.82) is 0 Å². The highest BCUT2D eigenvalue weighted by molar-refractivity contribution is 5.85. The lowest BCUT2D eigenvalue weighted by atomic mass is 9.67. The number of carbonyl (C=O) groups excluding carboxylic acids is 2. The first kappa shape index (κ1) is 23.4. The molecule has 3 saturated carbocycles. The van der Waals surface area contributed by atoms with Gasteiger partial charge >= 0.3 is 0 Å². The van der Waals surface area contributed by atoms with E-state index in [4.69, 9.17) is 5.11 Å². The number of amides is 1. The zero-order valence-electron chi connectivity index (χ0n) is 18.1. The maximum atomic E-state index is 12.1. The second-order valence-corrected chi connectivity index (χ2v) is 9.45. The fourth-order valence-corrected chi connectivity index (χ4v) is 5.20. The molecule has 0 unspecified atom stereocenters. The summed E-state index contributed by atoms with van der Waals surface area (Å²) in [6, 6.07) is 0.256. The number of aliphatic hydroxyl groups is 1. The molecule has 162 valence electrons. The molecular formula is C24H43NO3. The van der Waals surface area contributed by atoms with Crippen LogP contribution in [0.2, 0.25) is 0 Å². The molecule has 1 amide bonds. The molecule has 4 nitrogen and oxygen atoms in total. The molecule has 1 atom stereocenters. The molecule has 0 aromatic carbocycles.